The van der Waals surface area contributed by atoms with Crippen LogP contribution in [0.15, 0.2) is 24.3 Å². The van der Waals surface area contributed by atoms with E-state index in [1.165, 1.54) is 12.8 Å². The van der Waals surface area contributed by atoms with E-state index in [2.05, 4.69) is 4.90 Å². The minimum atomic E-state index is 0.316. The van der Waals surface area contributed by atoms with Gasteiger partial charge in [0.05, 0.1) is 6.04 Å². The van der Waals surface area contributed by atoms with Gasteiger partial charge in [0.2, 0.25) is 0 Å². The van der Waals surface area contributed by atoms with Crippen LogP contribution in [-0.4, -0.2) is 37.2 Å². The Labute approximate surface area is 107 Å². The Kier molecular flexibility index (Phi) is 4.66. The molecule has 1 aliphatic rings. The van der Waals surface area contributed by atoms with Gasteiger partial charge in [-0.1, -0.05) is 17.7 Å². The zero-order valence-electron chi connectivity index (χ0n) is 9.94. The largest absolute Gasteiger partial charge is 0.492 e. The molecule has 4 heteroatoms. The predicted octanol–water partition coefficient (Wildman–Crippen LogP) is 2.14. The van der Waals surface area contributed by atoms with Crippen LogP contribution in [0.3, 0.4) is 0 Å². The van der Waals surface area contributed by atoms with E-state index in [0.717, 1.165) is 18.8 Å². The first-order chi connectivity index (χ1) is 8.29. The van der Waals surface area contributed by atoms with Crippen LogP contribution in [-0.2, 0) is 0 Å². The summed E-state index contributed by atoms with van der Waals surface area (Å²) < 4.78 is 5.75. The lowest BCUT2D eigenvalue weighted by atomic mass is 10.2. The lowest BCUT2D eigenvalue weighted by Crippen LogP contribution is -2.42. The van der Waals surface area contributed by atoms with Gasteiger partial charge < -0.3 is 10.5 Å². The van der Waals surface area contributed by atoms with Crippen molar-refractivity contribution in [3.8, 4) is 5.75 Å². The molecule has 17 heavy (non-hydrogen) atoms. The standard InChI is InChI=1S/C13H19ClN2O/c14-11-4-3-5-13(8-11)17-10-12(9-15)16-6-1-2-7-16/h3-5,8,12H,1-2,6-7,9-10,15H2. The highest BCUT2D eigenvalue weighted by Crippen LogP contribution is 2.18. The molecule has 1 heterocycles. The molecule has 0 bridgehead atoms. The molecule has 0 radical (unpaired) electrons. The smallest absolute Gasteiger partial charge is 0.120 e. The molecule has 1 aliphatic heterocycles. The zero-order valence-corrected chi connectivity index (χ0v) is 10.7. The summed E-state index contributed by atoms with van der Waals surface area (Å²) in [7, 11) is 0. The van der Waals surface area contributed by atoms with Gasteiger partial charge in [-0.05, 0) is 44.1 Å². The summed E-state index contributed by atoms with van der Waals surface area (Å²) in [4.78, 5) is 2.41. The Balaban J connectivity index is 1.87. The average Bonchev–Trinajstić information content (AvgIpc) is 2.84. The highest BCUT2D eigenvalue weighted by molar-refractivity contribution is 6.30. The van der Waals surface area contributed by atoms with Crippen molar-refractivity contribution in [2.45, 2.75) is 18.9 Å². The monoisotopic (exact) mass is 254 g/mol. The fourth-order valence-corrected chi connectivity index (χ4v) is 2.36. The average molecular weight is 255 g/mol. The van der Waals surface area contributed by atoms with Crippen LogP contribution < -0.4 is 10.5 Å². The van der Waals surface area contributed by atoms with E-state index in [0.29, 0.717) is 24.2 Å². The highest BCUT2D eigenvalue weighted by atomic mass is 35.5. The molecule has 1 saturated heterocycles. The number of ether oxygens (including phenoxy) is 1. The van der Waals surface area contributed by atoms with Crippen LogP contribution in [0.1, 0.15) is 12.8 Å². The number of rotatable bonds is 5. The maximum absolute atomic E-state index is 5.91. The van der Waals surface area contributed by atoms with Crippen molar-refractivity contribution < 1.29 is 4.74 Å². The van der Waals surface area contributed by atoms with Gasteiger partial charge in [-0.2, -0.15) is 0 Å². The predicted molar refractivity (Wildman–Crippen MR) is 70.6 cm³/mol. The molecule has 0 saturated carbocycles. The number of hydrogen-bond donors (Lipinski definition) is 1. The number of hydrogen-bond acceptors (Lipinski definition) is 3. The van der Waals surface area contributed by atoms with Crippen molar-refractivity contribution in [1.29, 1.82) is 0 Å². The maximum Gasteiger partial charge on any atom is 0.120 e. The topological polar surface area (TPSA) is 38.5 Å². The van der Waals surface area contributed by atoms with E-state index >= 15 is 0 Å². The van der Waals surface area contributed by atoms with Gasteiger partial charge in [-0.15, -0.1) is 0 Å². The van der Waals surface area contributed by atoms with Gasteiger partial charge in [0.15, 0.2) is 0 Å². The molecule has 3 nitrogen and oxygen atoms in total. The first-order valence-corrected chi connectivity index (χ1v) is 6.50. The first-order valence-electron chi connectivity index (χ1n) is 6.12. The third kappa shape index (κ3) is 3.60. The molecule has 1 aromatic rings. The van der Waals surface area contributed by atoms with Crippen molar-refractivity contribution in [3.05, 3.63) is 29.3 Å². The molecule has 1 atom stereocenters. The molecule has 94 valence electrons. The van der Waals surface area contributed by atoms with E-state index in [1.807, 2.05) is 24.3 Å². The van der Waals surface area contributed by atoms with Crippen LogP contribution in [0.2, 0.25) is 5.02 Å². The second-order valence-electron chi connectivity index (χ2n) is 4.40. The van der Waals surface area contributed by atoms with Gasteiger partial charge in [0.25, 0.3) is 0 Å². The van der Waals surface area contributed by atoms with Gasteiger partial charge in [-0.25, -0.2) is 0 Å². The van der Waals surface area contributed by atoms with E-state index in [4.69, 9.17) is 22.1 Å². The summed E-state index contributed by atoms with van der Waals surface area (Å²) in [5.74, 6) is 0.815. The molecule has 2 N–H and O–H groups in total. The van der Waals surface area contributed by atoms with E-state index in [-0.39, 0.29) is 0 Å². The van der Waals surface area contributed by atoms with E-state index < -0.39 is 0 Å². The zero-order chi connectivity index (χ0) is 12.1. The van der Waals surface area contributed by atoms with Gasteiger partial charge >= 0.3 is 0 Å². The summed E-state index contributed by atoms with van der Waals surface area (Å²) in [5, 5.41) is 0.702. The number of halogens is 1. The number of nitrogens with two attached hydrogens (primary N) is 1. The van der Waals surface area contributed by atoms with Crippen LogP contribution >= 0.6 is 11.6 Å². The minimum Gasteiger partial charge on any atom is -0.492 e. The Morgan fingerprint density at radius 1 is 1.35 bits per heavy atom. The molecule has 0 spiro atoms. The molecule has 1 unspecified atom stereocenters. The van der Waals surface area contributed by atoms with Gasteiger partial charge in [0, 0.05) is 11.6 Å². The third-order valence-corrected chi connectivity index (χ3v) is 3.40. The maximum atomic E-state index is 5.91. The Hall–Kier alpha value is -0.770. The molecular weight excluding hydrogens is 236 g/mol. The molecule has 2 rings (SSSR count). The second kappa shape index (κ2) is 6.24. The lowest BCUT2D eigenvalue weighted by molar-refractivity contribution is 0.165. The van der Waals surface area contributed by atoms with Crippen LogP contribution in [0.4, 0.5) is 0 Å². The molecular formula is C13H19ClN2O. The number of benzene rings is 1. The quantitative estimate of drug-likeness (QED) is 0.875. The van der Waals surface area contributed by atoms with Gasteiger partial charge in [0.1, 0.15) is 12.4 Å². The first kappa shape index (κ1) is 12.7. The van der Waals surface area contributed by atoms with Crippen LogP contribution in [0.25, 0.3) is 0 Å². The number of nitrogens with zero attached hydrogens (tertiary/aromatic N) is 1. The lowest BCUT2D eigenvalue weighted by Gasteiger charge is -2.26. The highest BCUT2D eigenvalue weighted by Gasteiger charge is 2.21. The third-order valence-electron chi connectivity index (χ3n) is 3.17. The Bertz CT molecular complexity index is 353. The Morgan fingerprint density at radius 3 is 2.76 bits per heavy atom. The molecule has 0 amide bonds. The molecule has 0 aliphatic carbocycles. The van der Waals surface area contributed by atoms with Crippen molar-refractivity contribution in [2.75, 3.05) is 26.2 Å². The Morgan fingerprint density at radius 2 is 2.12 bits per heavy atom. The molecule has 1 fully saturated rings. The fourth-order valence-electron chi connectivity index (χ4n) is 2.18. The summed E-state index contributed by atoms with van der Waals surface area (Å²) in [5.41, 5.74) is 5.80. The van der Waals surface area contributed by atoms with E-state index in [9.17, 15) is 0 Å². The van der Waals surface area contributed by atoms with Crippen LogP contribution in [0, 0.1) is 0 Å². The van der Waals surface area contributed by atoms with Crippen molar-refractivity contribution in [1.82, 2.24) is 4.90 Å². The summed E-state index contributed by atoms with van der Waals surface area (Å²) >= 11 is 5.91. The normalized spacial score (nSPS) is 18.2. The fraction of sp³-hybridized carbons (Fsp3) is 0.538. The summed E-state index contributed by atoms with van der Waals surface area (Å²) in [6, 6.07) is 7.81. The van der Waals surface area contributed by atoms with E-state index in [1.54, 1.807) is 0 Å². The van der Waals surface area contributed by atoms with Crippen molar-refractivity contribution in [2.24, 2.45) is 5.73 Å². The van der Waals surface area contributed by atoms with Crippen molar-refractivity contribution in [3.63, 3.8) is 0 Å². The number of likely N-dealkylation sites (tertiary alicyclic amines) is 1. The van der Waals surface area contributed by atoms with Gasteiger partial charge in [-0.3, -0.25) is 4.90 Å². The summed E-state index contributed by atoms with van der Waals surface area (Å²) in [6.07, 6.45) is 2.54. The van der Waals surface area contributed by atoms with Crippen molar-refractivity contribution >= 4 is 11.6 Å². The second-order valence-corrected chi connectivity index (χ2v) is 4.84. The molecule has 1 aromatic carbocycles. The molecule has 0 aromatic heterocycles. The van der Waals surface area contributed by atoms with Crippen LogP contribution in [0.5, 0.6) is 5.75 Å². The summed E-state index contributed by atoms with van der Waals surface area (Å²) in [6.45, 7) is 3.55. The SMILES string of the molecule is NCC(COc1cccc(Cl)c1)N1CCCC1. The minimum absolute atomic E-state index is 0.316.